The van der Waals surface area contributed by atoms with E-state index < -0.39 is 45.9 Å². The molecule has 3 N–H and O–H groups in total. The molecule has 0 fully saturated rings. The fourth-order valence-electron chi connectivity index (χ4n) is 5.11. The van der Waals surface area contributed by atoms with Gasteiger partial charge in [0.15, 0.2) is 5.76 Å². The number of carbonyl (C=O) groups excluding carboxylic acids is 2. The van der Waals surface area contributed by atoms with Crippen LogP contribution in [0.5, 0.6) is 5.75 Å². The van der Waals surface area contributed by atoms with E-state index in [0.29, 0.717) is 11.3 Å². The van der Waals surface area contributed by atoms with Crippen molar-refractivity contribution in [2.24, 2.45) is 5.92 Å². The standard InChI is InChI=1S/C30H36F3N5O7S/c1-17-14-38(18(2)16-39)27(40)13-21-12-24(35-29(41)34-23-8-6-22(7-9-23)30(31,32)33)10-11-25(21)44-26(17)15-37(5)46(42,43)28-19(3)36-45-20(28)4/h6-12,17-18,26,39H,13-16H2,1-5H3,(H2,34,35,41)/t17-,18+,26-/m1/s1. The molecule has 0 bridgehead atoms. The van der Waals surface area contributed by atoms with E-state index in [4.69, 9.17) is 9.26 Å². The minimum absolute atomic E-state index is 0.0397. The Labute approximate surface area is 264 Å². The summed E-state index contributed by atoms with van der Waals surface area (Å²) in [4.78, 5) is 27.6. The Balaban J connectivity index is 1.60. The molecule has 46 heavy (non-hydrogen) atoms. The van der Waals surface area contributed by atoms with Crippen molar-refractivity contribution in [1.82, 2.24) is 14.4 Å². The molecule has 0 saturated carbocycles. The number of aliphatic hydroxyl groups excluding tert-OH is 1. The van der Waals surface area contributed by atoms with E-state index in [1.807, 2.05) is 6.92 Å². The molecule has 0 saturated heterocycles. The number of aryl methyl sites for hydroxylation is 2. The van der Waals surface area contributed by atoms with Gasteiger partial charge >= 0.3 is 12.2 Å². The minimum atomic E-state index is -4.51. The fourth-order valence-corrected chi connectivity index (χ4v) is 6.58. The minimum Gasteiger partial charge on any atom is -0.488 e. The first-order valence-corrected chi connectivity index (χ1v) is 15.8. The van der Waals surface area contributed by atoms with Gasteiger partial charge in [-0.05, 0) is 63.2 Å². The third-order valence-electron chi connectivity index (χ3n) is 7.72. The van der Waals surface area contributed by atoms with E-state index >= 15 is 0 Å². The van der Waals surface area contributed by atoms with E-state index in [2.05, 4.69) is 15.8 Å². The lowest BCUT2D eigenvalue weighted by Crippen LogP contribution is -2.48. The van der Waals surface area contributed by atoms with Crippen molar-refractivity contribution in [3.05, 3.63) is 65.0 Å². The predicted molar refractivity (Wildman–Crippen MR) is 162 cm³/mol. The Kier molecular flexibility index (Phi) is 10.3. The van der Waals surface area contributed by atoms with Crippen LogP contribution < -0.4 is 15.4 Å². The average molecular weight is 668 g/mol. The highest BCUT2D eigenvalue weighted by atomic mass is 32.2. The third-order valence-corrected chi connectivity index (χ3v) is 9.79. The zero-order valence-corrected chi connectivity index (χ0v) is 26.7. The van der Waals surface area contributed by atoms with Crippen molar-refractivity contribution in [1.29, 1.82) is 0 Å². The quantitative estimate of drug-likeness (QED) is 0.319. The molecule has 0 aliphatic carbocycles. The zero-order valence-electron chi connectivity index (χ0n) is 25.9. The number of amides is 3. The molecule has 250 valence electrons. The van der Waals surface area contributed by atoms with Gasteiger partial charge in [0.2, 0.25) is 15.9 Å². The number of nitrogens with one attached hydrogen (secondary N) is 2. The van der Waals surface area contributed by atoms with Crippen LogP contribution in [0.4, 0.5) is 29.3 Å². The lowest BCUT2D eigenvalue weighted by molar-refractivity contribution is -0.137. The molecule has 2 heterocycles. The fraction of sp³-hybridized carbons (Fsp3) is 0.433. The Morgan fingerprint density at radius 3 is 2.37 bits per heavy atom. The predicted octanol–water partition coefficient (Wildman–Crippen LogP) is 4.42. The summed E-state index contributed by atoms with van der Waals surface area (Å²) < 4.78 is 78.1. The largest absolute Gasteiger partial charge is 0.488 e. The number of hydrogen-bond acceptors (Lipinski definition) is 8. The van der Waals surface area contributed by atoms with Gasteiger partial charge in [0.25, 0.3) is 0 Å². The highest BCUT2D eigenvalue weighted by Gasteiger charge is 2.35. The van der Waals surface area contributed by atoms with Gasteiger partial charge in [0.05, 0.1) is 31.2 Å². The number of urea groups is 1. The van der Waals surface area contributed by atoms with Crippen molar-refractivity contribution >= 4 is 33.3 Å². The number of anilines is 2. The number of fused-ring (bicyclic) bond motifs is 1. The maximum Gasteiger partial charge on any atom is 0.416 e. The number of likely N-dealkylation sites (N-methyl/N-ethyl adjacent to an activating group) is 1. The molecule has 12 nitrogen and oxygen atoms in total. The van der Waals surface area contributed by atoms with E-state index in [9.17, 15) is 36.3 Å². The van der Waals surface area contributed by atoms with Gasteiger partial charge in [-0.3, -0.25) is 4.79 Å². The summed E-state index contributed by atoms with van der Waals surface area (Å²) in [5.74, 6) is -0.268. The van der Waals surface area contributed by atoms with Crippen LogP contribution in [0, 0.1) is 19.8 Å². The molecule has 4 rings (SSSR count). The normalized spacial score (nSPS) is 18.2. The Hall–Kier alpha value is -4.15. The van der Waals surface area contributed by atoms with Crippen molar-refractivity contribution in [2.75, 3.05) is 37.4 Å². The highest BCUT2D eigenvalue weighted by Crippen LogP contribution is 2.32. The number of hydrogen-bond donors (Lipinski definition) is 3. The van der Waals surface area contributed by atoms with Gasteiger partial charge in [-0.1, -0.05) is 12.1 Å². The van der Waals surface area contributed by atoms with Crippen LogP contribution in [0.15, 0.2) is 51.9 Å². The van der Waals surface area contributed by atoms with E-state index in [-0.39, 0.29) is 59.7 Å². The number of rotatable bonds is 8. The number of sulfonamides is 1. The van der Waals surface area contributed by atoms with Gasteiger partial charge < -0.3 is 29.9 Å². The topological polar surface area (TPSA) is 154 Å². The molecule has 1 aliphatic heterocycles. The van der Waals surface area contributed by atoms with Crippen molar-refractivity contribution < 1.29 is 45.5 Å². The number of carbonyl (C=O) groups is 2. The van der Waals surface area contributed by atoms with Crippen LogP contribution in [0.2, 0.25) is 0 Å². The van der Waals surface area contributed by atoms with E-state index in [0.717, 1.165) is 28.6 Å². The summed E-state index contributed by atoms with van der Waals surface area (Å²) in [5, 5.41) is 18.7. The summed E-state index contributed by atoms with van der Waals surface area (Å²) in [7, 11) is -2.61. The second-order valence-corrected chi connectivity index (χ2v) is 13.3. The lowest BCUT2D eigenvalue weighted by Gasteiger charge is -2.33. The molecule has 0 unspecified atom stereocenters. The maximum atomic E-state index is 13.5. The monoisotopic (exact) mass is 667 g/mol. The van der Waals surface area contributed by atoms with Gasteiger partial charge in [0.1, 0.15) is 22.4 Å². The van der Waals surface area contributed by atoms with Gasteiger partial charge in [0, 0.05) is 36.4 Å². The molecule has 3 aromatic rings. The lowest BCUT2D eigenvalue weighted by atomic mass is 10.0. The Morgan fingerprint density at radius 1 is 1.15 bits per heavy atom. The zero-order chi connectivity index (χ0) is 34.0. The number of halogens is 3. The van der Waals surface area contributed by atoms with Crippen molar-refractivity contribution in [3.63, 3.8) is 0 Å². The summed E-state index contributed by atoms with van der Waals surface area (Å²) in [5.41, 5.74) is 0.151. The second-order valence-electron chi connectivity index (χ2n) is 11.3. The molecule has 0 spiro atoms. The second kappa shape index (κ2) is 13.7. The summed E-state index contributed by atoms with van der Waals surface area (Å²) in [6.45, 7) is 6.31. The molecule has 1 aliphatic rings. The first kappa shape index (κ1) is 34.7. The van der Waals surface area contributed by atoms with Crippen LogP contribution in [-0.4, -0.2) is 78.7 Å². The highest BCUT2D eigenvalue weighted by molar-refractivity contribution is 7.89. The number of nitrogens with zero attached hydrogens (tertiary/aromatic N) is 3. The van der Waals surface area contributed by atoms with E-state index in [1.165, 1.54) is 37.9 Å². The molecule has 3 atom stereocenters. The molecule has 16 heteroatoms. The van der Waals surface area contributed by atoms with Gasteiger partial charge in [-0.25, -0.2) is 13.2 Å². The Bertz CT molecular complexity index is 1660. The number of alkyl halides is 3. The smallest absolute Gasteiger partial charge is 0.416 e. The molecule has 0 radical (unpaired) electrons. The molecule has 2 aromatic carbocycles. The Morgan fingerprint density at radius 2 is 1.78 bits per heavy atom. The third kappa shape index (κ3) is 7.79. The number of aromatic nitrogens is 1. The summed E-state index contributed by atoms with van der Waals surface area (Å²) in [6, 6.07) is 7.26. The summed E-state index contributed by atoms with van der Waals surface area (Å²) >= 11 is 0. The van der Waals surface area contributed by atoms with E-state index in [1.54, 1.807) is 13.0 Å². The number of benzene rings is 2. The first-order chi connectivity index (χ1) is 21.5. The maximum absolute atomic E-state index is 13.5. The average Bonchev–Trinajstić information content (AvgIpc) is 3.34. The van der Waals surface area contributed by atoms with Crippen LogP contribution >= 0.6 is 0 Å². The van der Waals surface area contributed by atoms with Crippen molar-refractivity contribution in [2.45, 2.75) is 57.3 Å². The molecular weight excluding hydrogens is 631 g/mol. The number of ether oxygens (including phenoxy) is 1. The van der Waals surface area contributed by atoms with Gasteiger partial charge in [-0.2, -0.15) is 17.5 Å². The van der Waals surface area contributed by atoms with Gasteiger partial charge in [-0.15, -0.1) is 0 Å². The molecule has 3 amide bonds. The van der Waals surface area contributed by atoms with Crippen LogP contribution in [-0.2, 0) is 27.4 Å². The van der Waals surface area contributed by atoms with Crippen LogP contribution in [0.3, 0.4) is 0 Å². The van der Waals surface area contributed by atoms with Crippen LogP contribution in [0.25, 0.3) is 0 Å². The molecule has 1 aromatic heterocycles. The SMILES string of the molecule is Cc1noc(C)c1S(=O)(=O)N(C)C[C@H]1Oc2ccc(NC(=O)Nc3ccc(C(F)(F)F)cc3)cc2CC(=O)N([C@@H](C)CO)C[C@H]1C. The summed E-state index contributed by atoms with van der Waals surface area (Å²) in [6.07, 6.45) is -5.41. The first-order valence-electron chi connectivity index (χ1n) is 14.4. The van der Waals surface area contributed by atoms with Crippen LogP contribution in [0.1, 0.15) is 36.4 Å². The van der Waals surface area contributed by atoms with Crippen molar-refractivity contribution in [3.8, 4) is 5.75 Å². The molecular formula is C30H36F3N5O7S. The number of aliphatic hydroxyl groups is 1.